The molecule has 0 aliphatic carbocycles. The van der Waals surface area contributed by atoms with Crippen molar-refractivity contribution in [3.05, 3.63) is 42.5 Å². The molecule has 0 radical (unpaired) electrons. The van der Waals surface area contributed by atoms with Crippen LogP contribution in [0.5, 0.6) is 5.75 Å². The molecule has 3 heterocycles. The number of hydrogen-bond donors (Lipinski definition) is 0. The molecule has 0 spiro atoms. The lowest BCUT2D eigenvalue weighted by Crippen LogP contribution is -2.33. The average molecular weight is 310 g/mol. The van der Waals surface area contributed by atoms with Crippen LogP contribution in [0.15, 0.2) is 41.2 Å². The van der Waals surface area contributed by atoms with E-state index in [1.165, 1.54) is 6.33 Å². The first kappa shape index (κ1) is 14.0. The second-order valence-corrected chi connectivity index (χ2v) is 5.74. The van der Waals surface area contributed by atoms with E-state index in [1.54, 1.807) is 7.11 Å². The van der Waals surface area contributed by atoms with Crippen molar-refractivity contribution in [2.75, 3.05) is 25.1 Å². The van der Waals surface area contributed by atoms with Crippen molar-refractivity contribution in [3.8, 4) is 5.75 Å². The molecule has 2 aromatic heterocycles. The summed E-state index contributed by atoms with van der Waals surface area (Å²) < 4.78 is 10.6. The Balaban J connectivity index is 1.56. The molecule has 6 nitrogen and oxygen atoms in total. The van der Waals surface area contributed by atoms with Gasteiger partial charge >= 0.3 is 0 Å². The molecule has 0 N–H and O–H groups in total. The molecule has 3 aromatic rings. The van der Waals surface area contributed by atoms with Gasteiger partial charge in [0.15, 0.2) is 6.33 Å². The second-order valence-electron chi connectivity index (χ2n) is 5.74. The summed E-state index contributed by atoms with van der Waals surface area (Å²) in [4.78, 5) is 11.3. The standard InChI is InChI=1S/C17H18N4O2/c1-22-14-4-2-3-12-5-6-15(20-16(12)14)21-9-7-13(8-10-21)17-18-11-19-23-17/h2-6,11,13H,7-10H2,1H3. The van der Waals surface area contributed by atoms with Crippen molar-refractivity contribution in [2.24, 2.45) is 0 Å². The number of aromatic nitrogens is 3. The summed E-state index contributed by atoms with van der Waals surface area (Å²) in [5.41, 5.74) is 0.909. The average Bonchev–Trinajstić information content (AvgIpc) is 3.15. The summed E-state index contributed by atoms with van der Waals surface area (Å²) in [6, 6.07) is 10.2. The van der Waals surface area contributed by atoms with Crippen LogP contribution >= 0.6 is 0 Å². The molecule has 1 fully saturated rings. The van der Waals surface area contributed by atoms with Gasteiger partial charge in [-0.15, -0.1) is 0 Å². The molecule has 6 heteroatoms. The first-order chi connectivity index (χ1) is 11.3. The number of pyridine rings is 1. The Bertz CT molecular complexity index is 795. The molecular formula is C17H18N4O2. The Hall–Kier alpha value is -2.63. The highest BCUT2D eigenvalue weighted by Gasteiger charge is 2.25. The van der Waals surface area contributed by atoms with Crippen LogP contribution in [-0.2, 0) is 0 Å². The summed E-state index contributed by atoms with van der Waals surface area (Å²) in [7, 11) is 1.68. The second kappa shape index (κ2) is 5.87. The van der Waals surface area contributed by atoms with E-state index in [2.05, 4.69) is 33.2 Å². The van der Waals surface area contributed by atoms with Crippen molar-refractivity contribution in [1.82, 2.24) is 15.1 Å². The Labute approximate surface area is 134 Å². The van der Waals surface area contributed by atoms with Crippen molar-refractivity contribution < 1.29 is 9.26 Å². The zero-order chi connectivity index (χ0) is 15.6. The highest BCUT2D eigenvalue weighted by molar-refractivity contribution is 5.85. The summed E-state index contributed by atoms with van der Waals surface area (Å²) in [5.74, 6) is 2.90. The molecule has 0 unspecified atom stereocenters. The molecule has 1 aliphatic rings. The third-order valence-electron chi connectivity index (χ3n) is 4.43. The van der Waals surface area contributed by atoms with Gasteiger partial charge in [-0.25, -0.2) is 4.98 Å². The largest absolute Gasteiger partial charge is 0.494 e. The maximum atomic E-state index is 5.43. The third kappa shape index (κ3) is 2.60. The molecule has 1 aliphatic heterocycles. The number of piperidine rings is 1. The van der Waals surface area contributed by atoms with Gasteiger partial charge in [-0.3, -0.25) is 0 Å². The SMILES string of the molecule is COc1cccc2ccc(N3CCC(c4ncno4)CC3)nc12. The smallest absolute Gasteiger partial charge is 0.229 e. The highest BCUT2D eigenvalue weighted by atomic mass is 16.5. The highest BCUT2D eigenvalue weighted by Crippen LogP contribution is 2.31. The number of para-hydroxylation sites is 1. The van der Waals surface area contributed by atoms with Crippen LogP contribution in [0.25, 0.3) is 10.9 Å². The summed E-state index contributed by atoms with van der Waals surface area (Å²) >= 11 is 0. The zero-order valence-electron chi connectivity index (χ0n) is 13.0. The van der Waals surface area contributed by atoms with Gasteiger partial charge in [-0.05, 0) is 31.0 Å². The zero-order valence-corrected chi connectivity index (χ0v) is 13.0. The Morgan fingerprint density at radius 2 is 2.04 bits per heavy atom. The van der Waals surface area contributed by atoms with Crippen LogP contribution in [0.1, 0.15) is 24.7 Å². The Morgan fingerprint density at radius 3 is 2.78 bits per heavy atom. The first-order valence-electron chi connectivity index (χ1n) is 7.80. The molecule has 4 rings (SSSR count). The van der Waals surface area contributed by atoms with Crippen molar-refractivity contribution in [2.45, 2.75) is 18.8 Å². The van der Waals surface area contributed by atoms with Crippen molar-refractivity contribution >= 4 is 16.7 Å². The fourth-order valence-corrected chi connectivity index (χ4v) is 3.17. The number of rotatable bonds is 3. The van der Waals surface area contributed by atoms with Gasteiger partial charge in [-0.1, -0.05) is 17.3 Å². The molecule has 118 valence electrons. The van der Waals surface area contributed by atoms with E-state index in [1.807, 2.05) is 12.1 Å². The van der Waals surface area contributed by atoms with Gasteiger partial charge in [-0.2, -0.15) is 4.98 Å². The minimum atomic E-state index is 0.351. The molecule has 0 amide bonds. The normalized spacial score (nSPS) is 16.0. The van der Waals surface area contributed by atoms with Crippen LogP contribution in [0, 0.1) is 0 Å². The van der Waals surface area contributed by atoms with Gasteiger partial charge in [0.05, 0.1) is 7.11 Å². The number of anilines is 1. The van der Waals surface area contributed by atoms with E-state index in [0.29, 0.717) is 5.92 Å². The summed E-state index contributed by atoms with van der Waals surface area (Å²) in [6.45, 7) is 1.86. The fraction of sp³-hybridized carbons (Fsp3) is 0.353. The van der Waals surface area contributed by atoms with Gasteiger partial charge in [0.25, 0.3) is 0 Å². The lowest BCUT2D eigenvalue weighted by molar-refractivity contribution is 0.328. The van der Waals surface area contributed by atoms with E-state index in [4.69, 9.17) is 14.2 Å². The maximum Gasteiger partial charge on any atom is 0.229 e. The summed E-state index contributed by atoms with van der Waals surface area (Å²) in [5, 5.41) is 4.79. The molecule has 0 saturated carbocycles. The number of fused-ring (bicyclic) bond motifs is 1. The Morgan fingerprint density at radius 1 is 1.17 bits per heavy atom. The van der Waals surface area contributed by atoms with Gasteiger partial charge in [0, 0.05) is 24.4 Å². The number of ether oxygens (including phenoxy) is 1. The van der Waals surface area contributed by atoms with Gasteiger partial charge < -0.3 is 14.2 Å². The van der Waals surface area contributed by atoms with E-state index >= 15 is 0 Å². The summed E-state index contributed by atoms with van der Waals surface area (Å²) in [6.07, 6.45) is 3.46. The minimum Gasteiger partial charge on any atom is -0.494 e. The third-order valence-corrected chi connectivity index (χ3v) is 4.43. The van der Waals surface area contributed by atoms with Crippen molar-refractivity contribution in [1.29, 1.82) is 0 Å². The van der Waals surface area contributed by atoms with Crippen LogP contribution in [0.4, 0.5) is 5.82 Å². The number of hydrogen-bond acceptors (Lipinski definition) is 6. The topological polar surface area (TPSA) is 64.3 Å². The molecule has 1 aromatic carbocycles. The maximum absolute atomic E-state index is 5.43. The molecule has 0 bridgehead atoms. The minimum absolute atomic E-state index is 0.351. The van der Waals surface area contributed by atoms with E-state index < -0.39 is 0 Å². The lowest BCUT2D eigenvalue weighted by atomic mass is 9.97. The van der Waals surface area contributed by atoms with Gasteiger partial charge in [0.2, 0.25) is 5.89 Å². The van der Waals surface area contributed by atoms with Crippen LogP contribution in [-0.4, -0.2) is 35.3 Å². The molecule has 23 heavy (non-hydrogen) atoms. The van der Waals surface area contributed by atoms with Gasteiger partial charge in [0.1, 0.15) is 17.1 Å². The quantitative estimate of drug-likeness (QED) is 0.741. The predicted octanol–water partition coefficient (Wildman–Crippen LogP) is 3.01. The fourth-order valence-electron chi connectivity index (χ4n) is 3.17. The lowest BCUT2D eigenvalue weighted by Gasteiger charge is -2.31. The predicted molar refractivity (Wildman–Crippen MR) is 86.8 cm³/mol. The monoisotopic (exact) mass is 310 g/mol. The van der Waals surface area contributed by atoms with Crippen LogP contribution in [0.2, 0.25) is 0 Å². The van der Waals surface area contributed by atoms with E-state index in [0.717, 1.165) is 54.3 Å². The van der Waals surface area contributed by atoms with E-state index in [9.17, 15) is 0 Å². The number of methoxy groups -OCH3 is 1. The van der Waals surface area contributed by atoms with Crippen LogP contribution < -0.4 is 9.64 Å². The van der Waals surface area contributed by atoms with E-state index in [-0.39, 0.29) is 0 Å². The Kier molecular flexibility index (Phi) is 3.57. The van der Waals surface area contributed by atoms with Crippen molar-refractivity contribution in [3.63, 3.8) is 0 Å². The molecular weight excluding hydrogens is 292 g/mol. The van der Waals surface area contributed by atoms with Crippen LogP contribution in [0.3, 0.4) is 0 Å². The first-order valence-corrected chi connectivity index (χ1v) is 7.80. The number of benzene rings is 1. The molecule has 1 saturated heterocycles. The number of nitrogens with zero attached hydrogens (tertiary/aromatic N) is 4. The molecule has 0 atom stereocenters.